The molecule has 1 aliphatic carbocycles. The number of aliphatic imine (C=N–C) groups is 2. The molecule has 0 heterocycles. The summed E-state index contributed by atoms with van der Waals surface area (Å²) >= 11 is 0.194. The molecule has 0 spiro atoms. The Morgan fingerprint density at radius 3 is 1.62 bits per heavy atom. The minimum atomic E-state index is -0.879. The van der Waals surface area contributed by atoms with Crippen LogP contribution in [0.1, 0.15) is 68.2 Å². The molecule has 0 unspecified atom stereocenters. The van der Waals surface area contributed by atoms with Gasteiger partial charge in [-0.05, 0) is 52.6 Å². The van der Waals surface area contributed by atoms with Crippen molar-refractivity contribution in [2.45, 2.75) is 46.0 Å². The second kappa shape index (κ2) is 16.2. The molecule has 0 amide bonds. The van der Waals surface area contributed by atoms with Crippen molar-refractivity contribution in [1.29, 1.82) is 0 Å². The summed E-state index contributed by atoms with van der Waals surface area (Å²) in [5.74, 6) is 0.777. The van der Waals surface area contributed by atoms with Gasteiger partial charge < -0.3 is 0 Å². The SMILES string of the molecule is CC(C)c1cccc(C(C)C)c1N=C1C(=NCCC[PH+](c2ccccc2)c2ccccc2)c2cccc3cccc1c23.[Cl][Fe][Cl]. The van der Waals surface area contributed by atoms with Gasteiger partial charge in [-0.25, -0.2) is 4.99 Å². The van der Waals surface area contributed by atoms with Crippen LogP contribution in [0, 0.1) is 0 Å². The fourth-order valence-electron chi connectivity index (χ4n) is 6.20. The molecule has 6 heteroatoms. The first-order valence-corrected chi connectivity index (χ1v) is 20.3. The normalized spacial score (nSPS) is 14.2. The topological polar surface area (TPSA) is 24.7 Å². The first-order valence-electron chi connectivity index (χ1n) is 15.5. The van der Waals surface area contributed by atoms with E-state index in [-0.39, 0.29) is 13.1 Å². The van der Waals surface area contributed by atoms with Gasteiger partial charge >= 0.3 is 33.3 Å². The van der Waals surface area contributed by atoms with E-state index in [2.05, 4.69) is 143 Å². The Morgan fingerprint density at radius 1 is 0.622 bits per heavy atom. The standard InChI is InChI=1S/C39H39N2P.2ClH.Fe/c1-27(2)32-21-13-22-33(28(3)4)37(32)41-39-35-24-12-16-29-15-11-23-34(36(29)35)38(39)40-25-14-26-42(30-17-7-5-8-18-30)31-19-9-6-10-20-31;;;/h5-13,15-24,27-28H,14,25-26H2,1-4H3;2*1H;/q;;;+2/p-1. The van der Waals surface area contributed by atoms with E-state index in [9.17, 15) is 0 Å². The maximum atomic E-state index is 5.52. The predicted molar refractivity (Wildman–Crippen MR) is 198 cm³/mol. The molecule has 232 valence electrons. The number of nitrogens with zero attached hydrogens (tertiary/aromatic N) is 2. The number of benzene rings is 5. The van der Waals surface area contributed by atoms with Crippen LogP contribution in [0.15, 0.2) is 125 Å². The molecule has 1 aliphatic rings. The van der Waals surface area contributed by atoms with Crippen LogP contribution in [-0.2, 0) is 13.1 Å². The first kappa shape index (κ1) is 33.6. The van der Waals surface area contributed by atoms with Gasteiger partial charge in [-0.15, -0.1) is 0 Å². The zero-order valence-electron chi connectivity index (χ0n) is 26.2. The summed E-state index contributed by atoms with van der Waals surface area (Å²) in [6.07, 6.45) is 2.19. The zero-order chi connectivity index (χ0) is 31.8. The van der Waals surface area contributed by atoms with Crippen LogP contribution < -0.4 is 10.6 Å². The van der Waals surface area contributed by atoms with E-state index in [4.69, 9.17) is 30.2 Å². The molecule has 0 saturated heterocycles. The van der Waals surface area contributed by atoms with Crippen molar-refractivity contribution in [3.63, 3.8) is 0 Å². The second-order valence-corrected chi connectivity index (χ2v) is 16.3. The molecule has 0 N–H and O–H groups in total. The second-order valence-electron chi connectivity index (χ2n) is 11.9. The Bertz CT molecular complexity index is 1710. The Kier molecular flexibility index (Phi) is 12.1. The van der Waals surface area contributed by atoms with Gasteiger partial charge in [-0.1, -0.05) is 119 Å². The molecule has 5 aromatic rings. The third-order valence-electron chi connectivity index (χ3n) is 8.30. The summed E-state index contributed by atoms with van der Waals surface area (Å²) in [4.78, 5) is 10.9. The summed E-state index contributed by atoms with van der Waals surface area (Å²) in [7, 11) is 8.65. The molecular weight excluding hydrogens is 654 g/mol. The third-order valence-corrected chi connectivity index (χ3v) is 11.2. The molecule has 0 bridgehead atoms. The van der Waals surface area contributed by atoms with Crippen LogP contribution >= 0.6 is 28.1 Å². The van der Waals surface area contributed by atoms with E-state index in [0.717, 1.165) is 36.2 Å². The Labute approximate surface area is 284 Å². The van der Waals surface area contributed by atoms with Gasteiger partial charge in [0.25, 0.3) is 0 Å². The molecule has 0 fully saturated rings. The van der Waals surface area contributed by atoms with Crippen LogP contribution in [-0.4, -0.2) is 24.1 Å². The van der Waals surface area contributed by atoms with Crippen molar-refractivity contribution in [2.24, 2.45) is 9.98 Å². The van der Waals surface area contributed by atoms with Crippen molar-refractivity contribution in [3.8, 4) is 0 Å². The minimum absolute atomic E-state index is 0.194. The Balaban J connectivity index is 0.00000128. The van der Waals surface area contributed by atoms with Gasteiger partial charge in [-0.3, -0.25) is 4.99 Å². The van der Waals surface area contributed by atoms with Gasteiger partial charge in [0.05, 0.1) is 41.8 Å². The van der Waals surface area contributed by atoms with Crippen molar-refractivity contribution >= 4 is 66.6 Å². The number of hydrogen-bond donors (Lipinski definition) is 0. The number of halogens is 2. The summed E-state index contributed by atoms with van der Waals surface area (Å²) in [6.45, 7) is 9.85. The molecule has 45 heavy (non-hydrogen) atoms. The van der Waals surface area contributed by atoms with E-state index in [1.807, 2.05) is 0 Å². The predicted octanol–water partition coefficient (Wildman–Crippen LogP) is 10.6. The van der Waals surface area contributed by atoms with Gasteiger partial charge in [0.2, 0.25) is 0 Å². The monoisotopic (exact) mass is 693 g/mol. The van der Waals surface area contributed by atoms with Crippen molar-refractivity contribution < 1.29 is 13.1 Å². The third kappa shape index (κ3) is 7.79. The van der Waals surface area contributed by atoms with Crippen molar-refractivity contribution in [3.05, 3.63) is 138 Å². The molecule has 2 nitrogen and oxygen atoms in total. The van der Waals surface area contributed by atoms with E-state index < -0.39 is 7.92 Å². The number of hydrogen-bond acceptors (Lipinski definition) is 2. The van der Waals surface area contributed by atoms with Crippen LogP contribution in [0.2, 0.25) is 0 Å². The first-order chi connectivity index (χ1) is 21.9. The molecule has 6 rings (SSSR count). The molecular formula is C39H40Cl2FeN2P+. The van der Waals surface area contributed by atoms with Crippen molar-refractivity contribution in [1.82, 2.24) is 0 Å². The van der Waals surface area contributed by atoms with Crippen LogP contribution in [0.25, 0.3) is 10.8 Å². The Hall–Kier alpha value is -2.77. The fraction of sp³-hybridized carbons (Fsp3) is 0.231. The van der Waals surface area contributed by atoms with Gasteiger partial charge in [0.1, 0.15) is 0 Å². The molecule has 0 saturated carbocycles. The van der Waals surface area contributed by atoms with Gasteiger partial charge in [-0.2, -0.15) is 0 Å². The van der Waals surface area contributed by atoms with Crippen molar-refractivity contribution in [2.75, 3.05) is 12.7 Å². The number of rotatable bonds is 9. The molecule has 0 aliphatic heterocycles. The van der Waals surface area contributed by atoms with Gasteiger partial charge in [0.15, 0.2) is 0 Å². The summed E-state index contributed by atoms with van der Waals surface area (Å²) in [6, 6.07) is 42.0. The summed E-state index contributed by atoms with van der Waals surface area (Å²) < 4.78 is 0. The Morgan fingerprint density at radius 2 is 1.11 bits per heavy atom. The van der Waals surface area contributed by atoms with Gasteiger partial charge in [0, 0.05) is 29.5 Å². The van der Waals surface area contributed by atoms with E-state index >= 15 is 0 Å². The fourth-order valence-corrected chi connectivity index (χ4v) is 8.81. The van der Waals surface area contributed by atoms with Crippen LogP contribution in [0.4, 0.5) is 5.69 Å². The van der Waals surface area contributed by atoms with E-state index in [0.29, 0.717) is 11.8 Å². The maximum absolute atomic E-state index is 5.52. The van der Waals surface area contributed by atoms with Crippen LogP contribution in [0.5, 0.6) is 0 Å². The zero-order valence-corrected chi connectivity index (χ0v) is 29.9. The molecule has 0 atom stereocenters. The molecule has 0 radical (unpaired) electrons. The molecule has 5 aromatic carbocycles. The summed E-state index contributed by atoms with van der Waals surface area (Å²) in [5, 5.41) is 5.47. The van der Waals surface area contributed by atoms with E-state index in [1.165, 1.54) is 43.6 Å². The van der Waals surface area contributed by atoms with E-state index in [1.54, 1.807) is 0 Å². The summed E-state index contributed by atoms with van der Waals surface area (Å²) in [5.41, 5.74) is 8.20. The quantitative estimate of drug-likeness (QED) is 0.0834. The number of para-hydroxylation sites is 1. The molecule has 0 aromatic heterocycles. The average Bonchev–Trinajstić information content (AvgIpc) is 3.35. The average molecular weight is 694 g/mol. The van der Waals surface area contributed by atoms with Crippen LogP contribution in [0.3, 0.4) is 0 Å².